The number of rotatable bonds is 5. The lowest BCUT2D eigenvalue weighted by Crippen LogP contribution is -2.20. The summed E-state index contributed by atoms with van der Waals surface area (Å²) in [5, 5.41) is 4.40. The van der Waals surface area contributed by atoms with Crippen LogP contribution in [0.4, 0.5) is 0 Å². The van der Waals surface area contributed by atoms with Gasteiger partial charge < -0.3 is 0 Å². The van der Waals surface area contributed by atoms with E-state index in [1.54, 1.807) is 0 Å². The molecule has 0 aliphatic heterocycles. The zero-order chi connectivity index (χ0) is 21.8. The number of hydrogen-bond acceptors (Lipinski definition) is 2. The van der Waals surface area contributed by atoms with Crippen LogP contribution in [-0.4, -0.2) is 9.97 Å². The maximum Gasteiger partial charge on any atom is 0.161 e. The van der Waals surface area contributed by atoms with E-state index in [4.69, 9.17) is 16.6 Å². The Bertz CT molecular complexity index is 1270. The smallest absolute Gasteiger partial charge is 0.161 e. The third kappa shape index (κ3) is 4.48. The van der Waals surface area contributed by atoms with Crippen LogP contribution >= 0.6 is 19.5 Å². The van der Waals surface area contributed by atoms with Gasteiger partial charge in [0.2, 0.25) is 0 Å². The summed E-state index contributed by atoms with van der Waals surface area (Å²) >= 11 is 6.34. The van der Waals surface area contributed by atoms with Crippen LogP contribution in [0.1, 0.15) is 0 Å². The lowest BCUT2D eigenvalue weighted by molar-refractivity contribution is 1.18. The minimum atomic E-state index is -0.635. The van der Waals surface area contributed by atoms with Crippen molar-refractivity contribution in [2.75, 3.05) is 0 Å². The predicted octanol–water partition coefficient (Wildman–Crippen LogP) is 6.22. The van der Waals surface area contributed by atoms with E-state index in [2.05, 4.69) is 89.9 Å². The lowest BCUT2D eigenvalue weighted by atomic mass is 10.1. The maximum atomic E-state index is 6.34. The quantitative estimate of drug-likeness (QED) is 0.234. The fourth-order valence-electron chi connectivity index (χ4n) is 3.66. The van der Waals surface area contributed by atoms with E-state index in [-0.39, 0.29) is 0 Å². The molecule has 0 atom stereocenters. The highest BCUT2D eigenvalue weighted by atomic mass is 35.5. The average molecular weight is 451 g/mol. The average Bonchev–Trinajstić information content (AvgIpc) is 2.86. The molecule has 0 amide bonds. The summed E-state index contributed by atoms with van der Waals surface area (Å²) in [6.45, 7) is 0. The van der Waals surface area contributed by atoms with Crippen LogP contribution in [0.25, 0.3) is 22.6 Å². The molecule has 154 valence electrons. The molecule has 0 spiro atoms. The SMILES string of the molecule is Clc1cc(-c2ccc(P(c3ccccc3)c3ccccc3)cc2)nc(-c2ccccc2)n1. The number of hydrogen-bond donors (Lipinski definition) is 0. The Morgan fingerprint density at radius 1 is 0.500 bits per heavy atom. The fourth-order valence-corrected chi connectivity index (χ4v) is 6.13. The van der Waals surface area contributed by atoms with Crippen molar-refractivity contribution in [1.29, 1.82) is 0 Å². The first kappa shape index (κ1) is 20.6. The Morgan fingerprint density at radius 3 is 1.56 bits per heavy atom. The van der Waals surface area contributed by atoms with E-state index in [0.29, 0.717) is 11.0 Å². The van der Waals surface area contributed by atoms with Crippen molar-refractivity contribution in [3.63, 3.8) is 0 Å². The molecular formula is C28H20ClN2P. The second-order valence-electron chi connectivity index (χ2n) is 7.32. The first-order chi connectivity index (χ1) is 15.8. The predicted molar refractivity (Wildman–Crippen MR) is 137 cm³/mol. The molecule has 0 saturated heterocycles. The van der Waals surface area contributed by atoms with Gasteiger partial charge in [0, 0.05) is 17.2 Å². The van der Waals surface area contributed by atoms with Gasteiger partial charge in [-0.3, -0.25) is 0 Å². The van der Waals surface area contributed by atoms with Crippen molar-refractivity contribution < 1.29 is 0 Å². The summed E-state index contributed by atoms with van der Waals surface area (Å²) < 4.78 is 0. The van der Waals surface area contributed by atoms with E-state index in [9.17, 15) is 0 Å². The van der Waals surface area contributed by atoms with Crippen molar-refractivity contribution in [3.8, 4) is 22.6 Å². The van der Waals surface area contributed by atoms with Gasteiger partial charge in [0.25, 0.3) is 0 Å². The van der Waals surface area contributed by atoms with Crippen LogP contribution in [-0.2, 0) is 0 Å². The first-order valence-corrected chi connectivity index (χ1v) is 12.1. The molecule has 1 aromatic heterocycles. The van der Waals surface area contributed by atoms with Crippen molar-refractivity contribution in [2.24, 2.45) is 0 Å². The van der Waals surface area contributed by atoms with E-state index >= 15 is 0 Å². The molecule has 4 heteroatoms. The Kier molecular flexibility index (Phi) is 6.07. The van der Waals surface area contributed by atoms with Gasteiger partial charge in [-0.2, -0.15) is 0 Å². The number of halogens is 1. The molecule has 0 fully saturated rings. The van der Waals surface area contributed by atoms with Gasteiger partial charge in [-0.05, 0) is 23.8 Å². The van der Waals surface area contributed by atoms with Crippen LogP contribution in [0.2, 0.25) is 5.15 Å². The molecule has 0 aliphatic carbocycles. The van der Waals surface area contributed by atoms with Crippen molar-refractivity contribution in [1.82, 2.24) is 9.97 Å². The van der Waals surface area contributed by atoms with Gasteiger partial charge in [-0.15, -0.1) is 0 Å². The standard InChI is InChI=1S/C28H20ClN2P/c29-27-20-26(30-28(31-27)22-10-4-1-5-11-22)21-16-18-25(19-17-21)32(23-12-6-2-7-13-23)24-14-8-3-9-15-24/h1-20H. The van der Waals surface area contributed by atoms with Gasteiger partial charge in [0.15, 0.2) is 5.82 Å². The molecular weight excluding hydrogens is 431 g/mol. The highest BCUT2D eigenvalue weighted by molar-refractivity contribution is 7.79. The summed E-state index contributed by atoms with van der Waals surface area (Å²) in [4.78, 5) is 9.19. The third-order valence-electron chi connectivity index (χ3n) is 5.18. The number of nitrogens with zero attached hydrogens (tertiary/aromatic N) is 2. The van der Waals surface area contributed by atoms with Crippen molar-refractivity contribution in [3.05, 3.63) is 126 Å². The summed E-state index contributed by atoms with van der Waals surface area (Å²) in [6, 6.07) is 41.8. The summed E-state index contributed by atoms with van der Waals surface area (Å²) in [6.07, 6.45) is 0. The first-order valence-electron chi connectivity index (χ1n) is 10.4. The zero-order valence-corrected chi connectivity index (χ0v) is 18.9. The Morgan fingerprint density at radius 2 is 1.00 bits per heavy atom. The lowest BCUT2D eigenvalue weighted by Gasteiger charge is -2.19. The molecule has 0 bridgehead atoms. The number of aromatic nitrogens is 2. The molecule has 1 heterocycles. The topological polar surface area (TPSA) is 25.8 Å². The largest absolute Gasteiger partial charge is 0.228 e. The molecule has 0 radical (unpaired) electrons. The van der Waals surface area contributed by atoms with Crippen LogP contribution in [0.5, 0.6) is 0 Å². The molecule has 32 heavy (non-hydrogen) atoms. The Hall–Kier alpha value is -3.32. The zero-order valence-electron chi connectivity index (χ0n) is 17.3. The Balaban J connectivity index is 1.53. The minimum absolute atomic E-state index is 0.439. The molecule has 0 aliphatic rings. The van der Waals surface area contributed by atoms with Crippen molar-refractivity contribution >= 4 is 35.4 Å². The summed E-state index contributed by atoms with van der Waals surface area (Å²) in [5.41, 5.74) is 2.79. The van der Waals surface area contributed by atoms with Crippen LogP contribution in [0.3, 0.4) is 0 Å². The van der Waals surface area contributed by atoms with Crippen LogP contribution < -0.4 is 15.9 Å². The van der Waals surface area contributed by atoms with E-state index in [1.165, 1.54) is 15.9 Å². The Labute approximate surface area is 194 Å². The second kappa shape index (κ2) is 9.44. The molecule has 0 saturated carbocycles. The normalized spacial score (nSPS) is 10.9. The molecule has 5 rings (SSSR count). The second-order valence-corrected chi connectivity index (χ2v) is 9.93. The maximum absolute atomic E-state index is 6.34. The third-order valence-corrected chi connectivity index (χ3v) is 7.81. The minimum Gasteiger partial charge on any atom is -0.228 e. The monoisotopic (exact) mass is 450 g/mol. The van der Waals surface area contributed by atoms with E-state index < -0.39 is 7.92 Å². The summed E-state index contributed by atoms with van der Waals surface area (Å²) in [5.74, 6) is 0.632. The molecule has 4 aromatic carbocycles. The fraction of sp³-hybridized carbons (Fsp3) is 0. The highest BCUT2D eigenvalue weighted by Crippen LogP contribution is 2.33. The summed E-state index contributed by atoms with van der Waals surface area (Å²) in [7, 11) is -0.635. The van der Waals surface area contributed by atoms with Crippen LogP contribution in [0.15, 0.2) is 121 Å². The van der Waals surface area contributed by atoms with Gasteiger partial charge in [-0.25, -0.2) is 9.97 Å². The highest BCUT2D eigenvalue weighted by Gasteiger charge is 2.16. The van der Waals surface area contributed by atoms with Gasteiger partial charge >= 0.3 is 0 Å². The van der Waals surface area contributed by atoms with Gasteiger partial charge in [0.05, 0.1) is 5.69 Å². The van der Waals surface area contributed by atoms with Gasteiger partial charge in [-0.1, -0.05) is 127 Å². The van der Waals surface area contributed by atoms with Crippen molar-refractivity contribution in [2.45, 2.75) is 0 Å². The molecule has 5 aromatic rings. The van der Waals surface area contributed by atoms with Crippen LogP contribution in [0, 0.1) is 0 Å². The number of benzene rings is 4. The molecule has 0 unspecified atom stereocenters. The van der Waals surface area contributed by atoms with E-state index in [1.807, 2.05) is 36.4 Å². The molecule has 2 nitrogen and oxygen atoms in total. The molecule has 0 N–H and O–H groups in total. The van der Waals surface area contributed by atoms with Gasteiger partial charge in [0.1, 0.15) is 5.15 Å². The van der Waals surface area contributed by atoms with E-state index in [0.717, 1.165) is 16.8 Å².